The zero-order valence-electron chi connectivity index (χ0n) is 9.32. The molecule has 0 amide bonds. The molecule has 3 heteroatoms. The van der Waals surface area contributed by atoms with E-state index in [2.05, 4.69) is 35.6 Å². The maximum atomic E-state index is 5.77. The van der Waals surface area contributed by atoms with Crippen molar-refractivity contribution in [3.8, 4) is 0 Å². The van der Waals surface area contributed by atoms with Gasteiger partial charge in [-0.2, -0.15) is 0 Å². The molecule has 1 aromatic carbocycles. The Morgan fingerprint density at radius 2 is 2.12 bits per heavy atom. The van der Waals surface area contributed by atoms with Crippen LogP contribution < -0.4 is 5.32 Å². The first-order valence-corrected chi connectivity index (χ1v) is 5.88. The van der Waals surface area contributed by atoms with E-state index >= 15 is 0 Å². The highest BCUT2D eigenvalue weighted by Crippen LogP contribution is 2.35. The molecular weight excluding hydrogens is 202 g/mol. The van der Waals surface area contributed by atoms with Gasteiger partial charge >= 0.3 is 0 Å². The molecule has 2 fully saturated rings. The minimum atomic E-state index is -0.0360. The number of ether oxygens (including phenoxy) is 2. The van der Waals surface area contributed by atoms with Crippen molar-refractivity contribution in [1.82, 2.24) is 5.32 Å². The van der Waals surface area contributed by atoms with Gasteiger partial charge in [0.05, 0.1) is 12.2 Å². The fraction of sp³-hybridized carbons (Fsp3) is 0.538. The van der Waals surface area contributed by atoms with Crippen molar-refractivity contribution in [3.63, 3.8) is 0 Å². The van der Waals surface area contributed by atoms with Crippen molar-refractivity contribution in [3.05, 3.63) is 35.9 Å². The number of hydrogen-bond acceptors (Lipinski definition) is 3. The van der Waals surface area contributed by atoms with E-state index in [4.69, 9.17) is 9.47 Å². The molecule has 2 heterocycles. The number of benzene rings is 1. The van der Waals surface area contributed by atoms with Crippen LogP contribution in [0.4, 0.5) is 0 Å². The molecule has 0 aromatic heterocycles. The largest absolute Gasteiger partial charge is 0.352 e. The normalized spacial score (nSPS) is 34.4. The molecule has 2 atom stereocenters. The van der Waals surface area contributed by atoms with Crippen LogP contribution in [0.5, 0.6) is 0 Å². The molecule has 3 nitrogen and oxygen atoms in total. The van der Waals surface area contributed by atoms with Crippen LogP contribution in [0.3, 0.4) is 0 Å². The molecule has 2 unspecified atom stereocenters. The summed E-state index contributed by atoms with van der Waals surface area (Å²) in [7, 11) is 0. The third-order valence-corrected chi connectivity index (χ3v) is 3.56. The van der Waals surface area contributed by atoms with Gasteiger partial charge in [0.25, 0.3) is 0 Å². The second kappa shape index (κ2) is 4.17. The standard InChI is InChI=1S/C13H17NO2/c1-2-4-11(5-3-1)12-8-13(6-7-14-12)9-15-10-16-13/h1-5,12,14H,6-10H2. The lowest BCUT2D eigenvalue weighted by Crippen LogP contribution is -2.45. The SMILES string of the molecule is c1ccc(C2CC3(CCN2)COCO3)cc1. The van der Waals surface area contributed by atoms with E-state index in [0.29, 0.717) is 12.8 Å². The van der Waals surface area contributed by atoms with Crippen LogP contribution in [-0.2, 0) is 9.47 Å². The van der Waals surface area contributed by atoms with Gasteiger partial charge in [0.15, 0.2) is 0 Å². The number of hydrogen-bond donors (Lipinski definition) is 1. The highest BCUT2D eigenvalue weighted by Gasteiger charge is 2.41. The van der Waals surface area contributed by atoms with Crippen molar-refractivity contribution in [1.29, 1.82) is 0 Å². The summed E-state index contributed by atoms with van der Waals surface area (Å²) in [5.41, 5.74) is 1.31. The predicted octanol–water partition coefficient (Wildman–Crippen LogP) is 1.85. The van der Waals surface area contributed by atoms with Crippen LogP contribution in [0, 0.1) is 0 Å². The number of piperidine rings is 1. The van der Waals surface area contributed by atoms with E-state index in [0.717, 1.165) is 26.0 Å². The molecule has 2 aliphatic rings. The molecule has 1 N–H and O–H groups in total. The Labute approximate surface area is 95.8 Å². The van der Waals surface area contributed by atoms with Crippen LogP contribution in [0.2, 0.25) is 0 Å². The fourth-order valence-corrected chi connectivity index (χ4v) is 2.64. The van der Waals surface area contributed by atoms with E-state index in [1.807, 2.05) is 0 Å². The van der Waals surface area contributed by atoms with Gasteiger partial charge in [-0.1, -0.05) is 30.3 Å². The Kier molecular flexibility index (Phi) is 2.67. The average molecular weight is 219 g/mol. The van der Waals surface area contributed by atoms with Gasteiger partial charge in [-0.3, -0.25) is 0 Å². The highest BCUT2D eigenvalue weighted by molar-refractivity contribution is 5.20. The monoisotopic (exact) mass is 219 g/mol. The molecule has 1 aromatic rings. The molecule has 0 saturated carbocycles. The lowest BCUT2D eigenvalue weighted by atomic mass is 9.85. The smallest absolute Gasteiger partial charge is 0.147 e. The first kappa shape index (κ1) is 10.3. The Bertz CT molecular complexity index is 346. The first-order chi connectivity index (χ1) is 7.88. The minimum absolute atomic E-state index is 0.0360. The Hall–Kier alpha value is -0.900. The summed E-state index contributed by atoms with van der Waals surface area (Å²) in [5, 5.41) is 3.55. The zero-order chi connectivity index (χ0) is 10.8. The van der Waals surface area contributed by atoms with Crippen molar-refractivity contribution < 1.29 is 9.47 Å². The molecular formula is C13H17NO2. The van der Waals surface area contributed by atoms with Crippen LogP contribution in [0.25, 0.3) is 0 Å². The zero-order valence-corrected chi connectivity index (χ0v) is 9.32. The molecule has 0 bridgehead atoms. The third-order valence-electron chi connectivity index (χ3n) is 3.56. The number of rotatable bonds is 1. The maximum Gasteiger partial charge on any atom is 0.147 e. The van der Waals surface area contributed by atoms with Crippen molar-refractivity contribution in [2.45, 2.75) is 24.5 Å². The van der Waals surface area contributed by atoms with Crippen molar-refractivity contribution in [2.24, 2.45) is 0 Å². The Balaban J connectivity index is 1.77. The Morgan fingerprint density at radius 1 is 1.25 bits per heavy atom. The first-order valence-electron chi connectivity index (χ1n) is 5.88. The van der Waals surface area contributed by atoms with Gasteiger partial charge in [-0.05, 0) is 24.9 Å². The summed E-state index contributed by atoms with van der Waals surface area (Å²) in [4.78, 5) is 0. The second-order valence-corrected chi connectivity index (χ2v) is 4.67. The van der Waals surface area contributed by atoms with Gasteiger partial charge in [-0.25, -0.2) is 0 Å². The van der Waals surface area contributed by atoms with Gasteiger partial charge in [0.1, 0.15) is 6.79 Å². The summed E-state index contributed by atoms with van der Waals surface area (Å²) in [5.74, 6) is 0. The molecule has 0 radical (unpaired) electrons. The summed E-state index contributed by atoms with van der Waals surface area (Å²) >= 11 is 0. The van der Waals surface area contributed by atoms with E-state index < -0.39 is 0 Å². The average Bonchev–Trinajstić information content (AvgIpc) is 2.78. The fourth-order valence-electron chi connectivity index (χ4n) is 2.64. The van der Waals surface area contributed by atoms with E-state index in [1.54, 1.807) is 0 Å². The Morgan fingerprint density at radius 3 is 2.88 bits per heavy atom. The second-order valence-electron chi connectivity index (χ2n) is 4.67. The molecule has 2 aliphatic heterocycles. The van der Waals surface area contributed by atoms with Crippen molar-refractivity contribution in [2.75, 3.05) is 19.9 Å². The molecule has 1 spiro atoms. The van der Waals surface area contributed by atoms with Crippen LogP contribution in [-0.4, -0.2) is 25.5 Å². The van der Waals surface area contributed by atoms with Crippen LogP contribution >= 0.6 is 0 Å². The minimum Gasteiger partial charge on any atom is -0.352 e. The van der Waals surface area contributed by atoms with Crippen molar-refractivity contribution >= 4 is 0 Å². The quantitative estimate of drug-likeness (QED) is 0.782. The summed E-state index contributed by atoms with van der Waals surface area (Å²) in [6.07, 6.45) is 2.06. The topological polar surface area (TPSA) is 30.5 Å². The third kappa shape index (κ3) is 1.86. The van der Waals surface area contributed by atoms with Gasteiger partial charge in [-0.15, -0.1) is 0 Å². The van der Waals surface area contributed by atoms with Gasteiger partial charge < -0.3 is 14.8 Å². The highest BCUT2D eigenvalue weighted by atomic mass is 16.7. The molecule has 2 saturated heterocycles. The molecule has 86 valence electrons. The van der Waals surface area contributed by atoms with Crippen LogP contribution in [0.1, 0.15) is 24.4 Å². The van der Waals surface area contributed by atoms with Crippen LogP contribution in [0.15, 0.2) is 30.3 Å². The number of nitrogens with one attached hydrogen (secondary N) is 1. The molecule has 3 rings (SSSR count). The molecule has 0 aliphatic carbocycles. The summed E-state index contributed by atoms with van der Waals surface area (Å²) in [6.45, 7) is 2.21. The van der Waals surface area contributed by atoms with E-state index in [9.17, 15) is 0 Å². The van der Waals surface area contributed by atoms with E-state index in [-0.39, 0.29) is 5.60 Å². The van der Waals surface area contributed by atoms with Gasteiger partial charge in [0.2, 0.25) is 0 Å². The maximum absolute atomic E-state index is 5.77. The lowest BCUT2D eigenvalue weighted by molar-refractivity contribution is -0.0346. The van der Waals surface area contributed by atoms with Gasteiger partial charge in [0, 0.05) is 6.04 Å². The molecule has 16 heavy (non-hydrogen) atoms. The van der Waals surface area contributed by atoms with E-state index in [1.165, 1.54) is 5.56 Å². The predicted molar refractivity (Wildman–Crippen MR) is 61.1 cm³/mol. The summed E-state index contributed by atoms with van der Waals surface area (Å²) < 4.78 is 11.1. The summed E-state index contributed by atoms with van der Waals surface area (Å²) in [6, 6.07) is 11.0. The lowest BCUT2D eigenvalue weighted by Gasteiger charge is -2.36.